The number of rotatable bonds is 4. The quantitative estimate of drug-likeness (QED) is 0.669. The Hall–Kier alpha value is -3.20. The van der Waals surface area contributed by atoms with Gasteiger partial charge in [0.15, 0.2) is 0 Å². The van der Waals surface area contributed by atoms with E-state index in [-0.39, 0.29) is 5.57 Å². The minimum absolute atomic E-state index is 0.104. The van der Waals surface area contributed by atoms with Crippen LogP contribution in [-0.2, 0) is 4.79 Å². The van der Waals surface area contributed by atoms with Crippen LogP contribution in [0.4, 0.5) is 0 Å². The molecule has 0 aliphatic rings. The lowest BCUT2D eigenvalue weighted by molar-refractivity contribution is -0.114. The van der Waals surface area contributed by atoms with E-state index in [9.17, 15) is 4.79 Å². The molecule has 6 nitrogen and oxygen atoms in total. The Kier molecular flexibility index (Phi) is 4.04. The Balaban J connectivity index is 2.15. The highest BCUT2D eigenvalue weighted by Gasteiger charge is 2.03. The van der Waals surface area contributed by atoms with Gasteiger partial charge in [0.2, 0.25) is 5.88 Å². The van der Waals surface area contributed by atoms with E-state index in [1.165, 1.54) is 18.5 Å². The summed E-state index contributed by atoms with van der Waals surface area (Å²) in [4.78, 5) is 18.8. The van der Waals surface area contributed by atoms with Crippen molar-refractivity contribution >= 4 is 12.0 Å². The predicted molar refractivity (Wildman–Crippen MR) is 71.3 cm³/mol. The van der Waals surface area contributed by atoms with Crippen LogP contribution in [0.3, 0.4) is 0 Å². The topological polar surface area (TPSA) is 102 Å². The highest BCUT2D eigenvalue weighted by atomic mass is 16.5. The third kappa shape index (κ3) is 3.40. The van der Waals surface area contributed by atoms with E-state index >= 15 is 0 Å². The Labute approximate surface area is 115 Å². The van der Waals surface area contributed by atoms with Gasteiger partial charge in [0, 0.05) is 12.4 Å². The van der Waals surface area contributed by atoms with Crippen molar-refractivity contribution in [1.82, 2.24) is 9.97 Å². The number of primary amides is 1. The molecule has 0 saturated heterocycles. The van der Waals surface area contributed by atoms with Gasteiger partial charge < -0.3 is 10.5 Å². The summed E-state index contributed by atoms with van der Waals surface area (Å²) in [5.41, 5.74) is 5.63. The standard InChI is InChI=1S/C14H10N4O2/c15-8-11(14(16)19)7-10-1-3-12(4-2-10)20-13-9-17-5-6-18-13/h1-7,9H,(H2,16,19). The van der Waals surface area contributed by atoms with Crippen LogP contribution in [0.2, 0.25) is 0 Å². The molecular weight excluding hydrogens is 256 g/mol. The average Bonchev–Trinajstić information content (AvgIpc) is 2.47. The molecule has 2 rings (SSSR count). The maximum atomic E-state index is 10.9. The molecule has 2 aromatic rings. The third-order valence-corrected chi connectivity index (χ3v) is 2.34. The smallest absolute Gasteiger partial charge is 0.259 e. The predicted octanol–water partition coefficient (Wildman–Crippen LogP) is 1.66. The van der Waals surface area contributed by atoms with Crippen molar-refractivity contribution in [2.24, 2.45) is 5.73 Å². The van der Waals surface area contributed by atoms with Gasteiger partial charge in [0.1, 0.15) is 17.4 Å². The molecule has 0 saturated carbocycles. The molecule has 6 heteroatoms. The van der Waals surface area contributed by atoms with Gasteiger partial charge in [-0.25, -0.2) is 4.98 Å². The van der Waals surface area contributed by atoms with Crippen LogP contribution in [0.25, 0.3) is 6.08 Å². The summed E-state index contributed by atoms with van der Waals surface area (Å²) >= 11 is 0. The Morgan fingerprint density at radius 3 is 2.60 bits per heavy atom. The number of nitrogens with two attached hydrogens (primary N) is 1. The van der Waals surface area contributed by atoms with Gasteiger partial charge in [-0.2, -0.15) is 5.26 Å². The molecule has 0 aliphatic heterocycles. The summed E-state index contributed by atoms with van der Waals surface area (Å²) in [6.07, 6.45) is 5.98. The molecule has 0 unspecified atom stereocenters. The van der Waals surface area contributed by atoms with Gasteiger partial charge in [-0.05, 0) is 23.8 Å². The number of benzene rings is 1. The summed E-state index contributed by atoms with van der Waals surface area (Å²) < 4.78 is 5.46. The van der Waals surface area contributed by atoms with E-state index in [4.69, 9.17) is 15.7 Å². The first-order valence-corrected chi connectivity index (χ1v) is 5.64. The van der Waals surface area contributed by atoms with E-state index in [0.717, 1.165) is 0 Å². The van der Waals surface area contributed by atoms with Crippen LogP contribution in [0, 0.1) is 11.3 Å². The molecule has 2 N–H and O–H groups in total. The number of nitrogens with zero attached hydrogens (tertiary/aromatic N) is 3. The van der Waals surface area contributed by atoms with Gasteiger partial charge in [-0.1, -0.05) is 12.1 Å². The number of carbonyl (C=O) groups excluding carboxylic acids is 1. The summed E-state index contributed by atoms with van der Waals surface area (Å²) in [5.74, 6) is 0.193. The number of carbonyl (C=O) groups is 1. The second kappa shape index (κ2) is 6.11. The van der Waals surface area contributed by atoms with Crippen molar-refractivity contribution in [1.29, 1.82) is 5.26 Å². The molecule has 0 fully saturated rings. The van der Waals surface area contributed by atoms with E-state index in [1.807, 2.05) is 0 Å². The lowest BCUT2D eigenvalue weighted by atomic mass is 10.1. The van der Waals surface area contributed by atoms with E-state index < -0.39 is 5.91 Å². The molecule has 1 amide bonds. The highest BCUT2D eigenvalue weighted by Crippen LogP contribution is 2.19. The highest BCUT2D eigenvalue weighted by molar-refractivity contribution is 6.00. The van der Waals surface area contributed by atoms with E-state index in [2.05, 4.69) is 9.97 Å². The van der Waals surface area contributed by atoms with Crippen LogP contribution in [0.1, 0.15) is 5.56 Å². The maximum absolute atomic E-state index is 10.9. The molecule has 20 heavy (non-hydrogen) atoms. The Morgan fingerprint density at radius 2 is 2.05 bits per heavy atom. The second-order valence-corrected chi connectivity index (χ2v) is 3.75. The van der Waals surface area contributed by atoms with E-state index in [1.54, 1.807) is 36.5 Å². The summed E-state index contributed by atoms with van der Waals surface area (Å²) in [6.45, 7) is 0. The number of nitriles is 1. The minimum Gasteiger partial charge on any atom is -0.438 e. The van der Waals surface area contributed by atoms with Gasteiger partial charge in [-0.3, -0.25) is 9.78 Å². The molecule has 1 aromatic carbocycles. The van der Waals surface area contributed by atoms with Crippen molar-refractivity contribution in [2.75, 3.05) is 0 Å². The zero-order valence-corrected chi connectivity index (χ0v) is 10.4. The maximum Gasteiger partial charge on any atom is 0.259 e. The van der Waals surface area contributed by atoms with Gasteiger partial charge in [0.05, 0.1) is 6.20 Å². The number of amides is 1. The molecule has 0 bridgehead atoms. The van der Waals surface area contributed by atoms with Crippen LogP contribution < -0.4 is 10.5 Å². The number of hydrogen-bond donors (Lipinski definition) is 1. The fourth-order valence-corrected chi connectivity index (χ4v) is 1.42. The fraction of sp³-hybridized carbons (Fsp3) is 0. The van der Waals surface area contributed by atoms with Crippen LogP contribution in [0.5, 0.6) is 11.6 Å². The Morgan fingerprint density at radius 1 is 1.30 bits per heavy atom. The first-order chi connectivity index (χ1) is 9.69. The lowest BCUT2D eigenvalue weighted by Crippen LogP contribution is -2.12. The molecule has 0 radical (unpaired) electrons. The molecular formula is C14H10N4O2. The van der Waals surface area contributed by atoms with Crippen molar-refractivity contribution < 1.29 is 9.53 Å². The average molecular weight is 266 g/mol. The van der Waals surface area contributed by atoms with Crippen molar-refractivity contribution in [3.63, 3.8) is 0 Å². The third-order valence-electron chi connectivity index (χ3n) is 2.34. The lowest BCUT2D eigenvalue weighted by Gasteiger charge is -2.03. The number of ether oxygens (including phenoxy) is 1. The second-order valence-electron chi connectivity index (χ2n) is 3.75. The van der Waals surface area contributed by atoms with Crippen LogP contribution in [-0.4, -0.2) is 15.9 Å². The first-order valence-electron chi connectivity index (χ1n) is 5.64. The van der Waals surface area contributed by atoms with Gasteiger partial charge >= 0.3 is 0 Å². The number of hydrogen-bond acceptors (Lipinski definition) is 5. The molecule has 98 valence electrons. The number of aromatic nitrogens is 2. The molecule has 0 spiro atoms. The monoisotopic (exact) mass is 266 g/mol. The largest absolute Gasteiger partial charge is 0.438 e. The van der Waals surface area contributed by atoms with Crippen molar-refractivity contribution in [3.05, 3.63) is 54.0 Å². The molecule has 0 atom stereocenters. The van der Waals surface area contributed by atoms with E-state index in [0.29, 0.717) is 17.2 Å². The van der Waals surface area contributed by atoms with Gasteiger partial charge in [-0.15, -0.1) is 0 Å². The summed E-state index contributed by atoms with van der Waals surface area (Å²) in [5, 5.41) is 8.75. The normalized spacial score (nSPS) is 10.7. The molecule has 1 heterocycles. The Bertz CT molecular complexity index is 673. The van der Waals surface area contributed by atoms with Crippen molar-refractivity contribution in [2.45, 2.75) is 0 Å². The summed E-state index contributed by atoms with van der Waals surface area (Å²) in [6, 6.07) is 8.52. The molecule has 1 aromatic heterocycles. The zero-order chi connectivity index (χ0) is 14.4. The van der Waals surface area contributed by atoms with Gasteiger partial charge in [0.25, 0.3) is 5.91 Å². The van der Waals surface area contributed by atoms with Crippen LogP contribution in [0.15, 0.2) is 48.4 Å². The van der Waals surface area contributed by atoms with Crippen molar-refractivity contribution in [3.8, 4) is 17.7 Å². The zero-order valence-electron chi connectivity index (χ0n) is 10.4. The molecule has 0 aliphatic carbocycles. The summed E-state index contributed by atoms with van der Waals surface area (Å²) in [7, 11) is 0. The first kappa shape index (κ1) is 13.2. The fourth-order valence-electron chi connectivity index (χ4n) is 1.42. The van der Waals surface area contributed by atoms with Crippen LogP contribution >= 0.6 is 0 Å². The SMILES string of the molecule is N#CC(=Cc1ccc(Oc2cnccn2)cc1)C(N)=O. The minimum atomic E-state index is -0.757.